The molecule has 1 amide bonds. The number of para-hydroxylation sites is 1. The topological polar surface area (TPSA) is 32.3 Å². The van der Waals surface area contributed by atoms with E-state index in [1.54, 1.807) is 0 Å². The van der Waals surface area contributed by atoms with Crippen LogP contribution in [-0.2, 0) is 10.2 Å². The summed E-state index contributed by atoms with van der Waals surface area (Å²) < 4.78 is 0. The van der Waals surface area contributed by atoms with Crippen LogP contribution in [0, 0.1) is 5.92 Å². The van der Waals surface area contributed by atoms with Gasteiger partial charge in [0, 0.05) is 11.7 Å². The van der Waals surface area contributed by atoms with E-state index in [0.717, 1.165) is 12.1 Å². The zero-order valence-corrected chi connectivity index (χ0v) is 13.5. The molecule has 0 saturated carbocycles. The Morgan fingerprint density at radius 3 is 2.77 bits per heavy atom. The minimum atomic E-state index is -0.277. The molecule has 1 aromatic carbocycles. The number of rotatable bonds is 4. The third-order valence-corrected chi connectivity index (χ3v) is 6.22. The Labute approximate surface area is 133 Å². The number of carbonyl (C=O) groups is 1. The first-order valence-electron chi connectivity index (χ1n) is 8.93. The number of carbonyl (C=O) groups excluding carboxylic acids is 1. The number of piperidine rings is 3. The summed E-state index contributed by atoms with van der Waals surface area (Å²) >= 11 is 0. The monoisotopic (exact) mass is 298 g/mol. The summed E-state index contributed by atoms with van der Waals surface area (Å²) in [6.07, 6.45) is 7.26. The highest BCUT2D eigenvalue weighted by Gasteiger charge is 2.61. The molecule has 0 aliphatic carbocycles. The van der Waals surface area contributed by atoms with E-state index < -0.39 is 0 Å². The quantitative estimate of drug-likeness (QED) is 0.862. The van der Waals surface area contributed by atoms with Gasteiger partial charge in [0.15, 0.2) is 0 Å². The number of benzene rings is 1. The number of amides is 1. The maximum Gasteiger partial charge on any atom is 0.237 e. The lowest BCUT2D eigenvalue weighted by Crippen LogP contribution is -2.66. The molecule has 5 rings (SSSR count). The summed E-state index contributed by atoms with van der Waals surface area (Å²) in [6, 6.07) is 8.80. The molecule has 4 aliphatic heterocycles. The Kier molecular flexibility index (Phi) is 3.48. The number of nitrogens with one attached hydrogen (secondary N) is 1. The molecular weight excluding hydrogens is 272 g/mol. The van der Waals surface area contributed by atoms with Crippen LogP contribution in [0.1, 0.15) is 51.0 Å². The highest BCUT2D eigenvalue weighted by atomic mass is 16.2. The van der Waals surface area contributed by atoms with Crippen molar-refractivity contribution in [2.24, 2.45) is 5.92 Å². The molecule has 1 spiro atoms. The molecule has 118 valence electrons. The third-order valence-electron chi connectivity index (χ3n) is 6.22. The van der Waals surface area contributed by atoms with Crippen LogP contribution >= 0.6 is 0 Å². The lowest BCUT2D eigenvalue weighted by Gasteiger charge is -2.56. The van der Waals surface area contributed by atoms with Gasteiger partial charge in [-0.25, -0.2) is 0 Å². The number of anilines is 1. The predicted octanol–water partition coefficient (Wildman–Crippen LogP) is 3.55. The fraction of sp³-hybridized carbons (Fsp3) is 0.632. The Hall–Kier alpha value is -1.35. The van der Waals surface area contributed by atoms with Crippen LogP contribution in [0.3, 0.4) is 0 Å². The zero-order valence-electron chi connectivity index (χ0n) is 13.5. The van der Waals surface area contributed by atoms with E-state index in [1.165, 1.54) is 50.8 Å². The SMILES string of the molecule is CCCCC[C@@H]1N2CCC(CC2)C12C(=O)Nc1ccccc12. The molecule has 1 unspecified atom stereocenters. The number of nitrogens with zero attached hydrogens (tertiary/aromatic N) is 1. The summed E-state index contributed by atoms with van der Waals surface area (Å²) in [6.45, 7) is 4.61. The molecule has 3 heteroatoms. The van der Waals surface area contributed by atoms with Crippen molar-refractivity contribution in [3.05, 3.63) is 29.8 Å². The minimum Gasteiger partial charge on any atom is -0.325 e. The zero-order chi connectivity index (χ0) is 15.2. The molecule has 4 heterocycles. The Morgan fingerprint density at radius 2 is 2.00 bits per heavy atom. The van der Waals surface area contributed by atoms with Crippen molar-refractivity contribution in [2.45, 2.75) is 56.9 Å². The van der Waals surface area contributed by atoms with Crippen molar-refractivity contribution in [1.29, 1.82) is 0 Å². The van der Waals surface area contributed by atoms with Gasteiger partial charge >= 0.3 is 0 Å². The highest BCUT2D eigenvalue weighted by molar-refractivity contribution is 6.07. The van der Waals surface area contributed by atoms with Gasteiger partial charge in [-0.15, -0.1) is 0 Å². The molecule has 3 nitrogen and oxygen atoms in total. The fourth-order valence-corrected chi connectivity index (χ4v) is 5.26. The predicted molar refractivity (Wildman–Crippen MR) is 89.0 cm³/mol. The van der Waals surface area contributed by atoms with E-state index in [2.05, 4.69) is 35.3 Å². The first-order valence-corrected chi connectivity index (χ1v) is 8.93. The highest BCUT2D eigenvalue weighted by Crippen LogP contribution is 2.55. The summed E-state index contributed by atoms with van der Waals surface area (Å²) in [7, 11) is 0. The number of hydrogen-bond acceptors (Lipinski definition) is 2. The van der Waals surface area contributed by atoms with Crippen LogP contribution in [0.15, 0.2) is 24.3 Å². The van der Waals surface area contributed by atoms with E-state index >= 15 is 0 Å². The minimum absolute atomic E-state index is 0.268. The second-order valence-corrected chi connectivity index (χ2v) is 7.19. The largest absolute Gasteiger partial charge is 0.325 e. The van der Waals surface area contributed by atoms with Crippen molar-refractivity contribution >= 4 is 11.6 Å². The van der Waals surface area contributed by atoms with E-state index in [-0.39, 0.29) is 11.3 Å². The van der Waals surface area contributed by atoms with Gasteiger partial charge in [0.25, 0.3) is 0 Å². The molecule has 1 N–H and O–H groups in total. The van der Waals surface area contributed by atoms with Crippen molar-refractivity contribution < 1.29 is 4.79 Å². The lowest BCUT2D eigenvalue weighted by atomic mass is 9.58. The first kappa shape index (κ1) is 14.3. The average Bonchev–Trinajstić information content (AvgIpc) is 2.84. The smallest absolute Gasteiger partial charge is 0.237 e. The van der Waals surface area contributed by atoms with Gasteiger partial charge in [0.2, 0.25) is 5.91 Å². The number of hydrogen-bond donors (Lipinski definition) is 1. The molecular formula is C19H26N2O. The maximum absolute atomic E-state index is 13.1. The van der Waals surface area contributed by atoms with Crippen LogP contribution < -0.4 is 5.32 Å². The van der Waals surface area contributed by atoms with Crippen molar-refractivity contribution in [2.75, 3.05) is 18.4 Å². The van der Waals surface area contributed by atoms with Crippen molar-refractivity contribution in [3.8, 4) is 0 Å². The van der Waals surface area contributed by atoms with Crippen LogP contribution in [0.2, 0.25) is 0 Å². The first-order chi connectivity index (χ1) is 10.8. The van der Waals surface area contributed by atoms with E-state index in [1.807, 2.05) is 6.07 Å². The fourth-order valence-electron chi connectivity index (χ4n) is 5.26. The Balaban J connectivity index is 1.77. The molecule has 2 bridgehead atoms. The molecule has 0 aromatic heterocycles. The van der Waals surface area contributed by atoms with Crippen LogP contribution in [0.4, 0.5) is 5.69 Å². The van der Waals surface area contributed by atoms with E-state index in [0.29, 0.717) is 12.0 Å². The van der Waals surface area contributed by atoms with Crippen LogP contribution in [0.25, 0.3) is 0 Å². The van der Waals surface area contributed by atoms with Gasteiger partial charge in [-0.1, -0.05) is 44.4 Å². The second-order valence-electron chi connectivity index (χ2n) is 7.19. The maximum atomic E-state index is 13.1. The van der Waals surface area contributed by atoms with Gasteiger partial charge in [-0.3, -0.25) is 9.69 Å². The molecule has 3 fully saturated rings. The number of fused-ring (bicyclic) bond motifs is 3. The van der Waals surface area contributed by atoms with Gasteiger partial charge in [0.05, 0.1) is 5.41 Å². The molecule has 22 heavy (non-hydrogen) atoms. The lowest BCUT2D eigenvalue weighted by molar-refractivity contribution is -0.134. The molecule has 0 radical (unpaired) electrons. The summed E-state index contributed by atoms with van der Waals surface area (Å²) in [4.78, 5) is 15.7. The third kappa shape index (κ3) is 1.81. The normalized spacial score (nSPS) is 35.7. The van der Waals surface area contributed by atoms with Gasteiger partial charge in [-0.05, 0) is 49.9 Å². The standard InChI is InChI=1S/C19H26N2O/c1-2-3-4-9-17-19(14-10-12-21(17)13-11-14)15-7-5-6-8-16(15)20-18(19)22/h5-8,14,17H,2-4,9-13H2,1H3,(H,20,22)/t17-,19?/m0/s1. The molecule has 2 atom stereocenters. The van der Waals surface area contributed by atoms with Gasteiger partial charge in [0.1, 0.15) is 0 Å². The number of unbranched alkanes of at least 4 members (excludes halogenated alkanes) is 2. The van der Waals surface area contributed by atoms with Crippen molar-refractivity contribution in [1.82, 2.24) is 4.90 Å². The molecule has 1 aromatic rings. The summed E-state index contributed by atoms with van der Waals surface area (Å²) in [5, 5.41) is 3.20. The molecule has 4 aliphatic rings. The Morgan fingerprint density at radius 1 is 1.23 bits per heavy atom. The Bertz CT molecular complexity index is 577. The van der Waals surface area contributed by atoms with Crippen LogP contribution in [-0.4, -0.2) is 29.9 Å². The van der Waals surface area contributed by atoms with E-state index in [9.17, 15) is 4.79 Å². The summed E-state index contributed by atoms with van der Waals surface area (Å²) in [5.41, 5.74) is 2.05. The van der Waals surface area contributed by atoms with Crippen LogP contribution in [0.5, 0.6) is 0 Å². The van der Waals surface area contributed by atoms with E-state index in [4.69, 9.17) is 0 Å². The molecule has 3 saturated heterocycles. The second kappa shape index (κ2) is 5.38. The summed E-state index contributed by atoms with van der Waals surface area (Å²) in [5.74, 6) is 0.789. The van der Waals surface area contributed by atoms with Gasteiger partial charge in [-0.2, -0.15) is 0 Å². The average molecular weight is 298 g/mol. The van der Waals surface area contributed by atoms with Gasteiger partial charge < -0.3 is 5.32 Å². The van der Waals surface area contributed by atoms with Crippen molar-refractivity contribution in [3.63, 3.8) is 0 Å².